The lowest BCUT2D eigenvalue weighted by molar-refractivity contribution is -0.120. The number of benzene rings is 3. The highest BCUT2D eigenvalue weighted by Gasteiger charge is 2.27. The summed E-state index contributed by atoms with van der Waals surface area (Å²) in [7, 11) is -4.04. The van der Waals surface area contributed by atoms with Gasteiger partial charge < -0.3 is 10.5 Å². The molecular formula is C23H21ClN4O5S. The van der Waals surface area contributed by atoms with Crippen molar-refractivity contribution in [3.63, 3.8) is 0 Å². The minimum absolute atomic E-state index is 0.0323. The molecule has 0 saturated carbocycles. The number of carbonyl (C=O) groups excluding carboxylic acids is 2. The van der Waals surface area contributed by atoms with Crippen molar-refractivity contribution >= 4 is 45.3 Å². The van der Waals surface area contributed by atoms with Crippen molar-refractivity contribution in [1.29, 1.82) is 0 Å². The van der Waals surface area contributed by atoms with Crippen LogP contribution in [0.4, 0.5) is 5.69 Å². The number of hydrogen-bond donors (Lipinski definition) is 2. The third-order valence-corrected chi connectivity index (χ3v) is 6.40. The predicted octanol–water partition coefficient (Wildman–Crippen LogP) is 2.55. The molecule has 0 bridgehead atoms. The van der Waals surface area contributed by atoms with Gasteiger partial charge in [-0.15, -0.1) is 0 Å². The monoisotopic (exact) mass is 500 g/mol. The largest absolute Gasteiger partial charge is 0.484 e. The molecule has 176 valence electrons. The van der Waals surface area contributed by atoms with Gasteiger partial charge in [0.05, 0.1) is 16.8 Å². The number of amides is 2. The van der Waals surface area contributed by atoms with Gasteiger partial charge in [0.2, 0.25) is 0 Å². The summed E-state index contributed by atoms with van der Waals surface area (Å²) in [5.74, 6) is -0.796. The van der Waals surface area contributed by atoms with Crippen LogP contribution in [0.5, 0.6) is 5.75 Å². The van der Waals surface area contributed by atoms with E-state index in [1.165, 1.54) is 24.4 Å². The summed E-state index contributed by atoms with van der Waals surface area (Å²) in [5.41, 5.74) is 8.23. The first-order chi connectivity index (χ1) is 16.3. The number of hydrogen-bond acceptors (Lipinski definition) is 6. The molecule has 2 amide bonds. The van der Waals surface area contributed by atoms with Crippen molar-refractivity contribution in [3.8, 4) is 5.75 Å². The number of hydrazone groups is 1. The summed E-state index contributed by atoms with van der Waals surface area (Å²) in [6.07, 6.45) is 1.38. The summed E-state index contributed by atoms with van der Waals surface area (Å²) < 4.78 is 32.6. The summed E-state index contributed by atoms with van der Waals surface area (Å²) in [4.78, 5) is 23.3. The number of rotatable bonds is 10. The number of nitrogens with one attached hydrogen (secondary N) is 1. The van der Waals surface area contributed by atoms with Crippen molar-refractivity contribution in [2.24, 2.45) is 10.8 Å². The van der Waals surface area contributed by atoms with Crippen LogP contribution in [0.3, 0.4) is 0 Å². The Morgan fingerprint density at radius 1 is 1.03 bits per heavy atom. The zero-order valence-electron chi connectivity index (χ0n) is 17.8. The topological polar surface area (TPSA) is 131 Å². The van der Waals surface area contributed by atoms with Gasteiger partial charge >= 0.3 is 0 Å². The number of carbonyl (C=O) groups is 2. The van der Waals surface area contributed by atoms with E-state index >= 15 is 0 Å². The molecule has 11 heteroatoms. The highest BCUT2D eigenvalue weighted by atomic mass is 35.5. The number of primary amides is 1. The Kier molecular flexibility index (Phi) is 8.23. The molecule has 0 fully saturated rings. The first-order valence-electron chi connectivity index (χ1n) is 9.92. The van der Waals surface area contributed by atoms with Gasteiger partial charge in [-0.25, -0.2) is 13.8 Å². The third-order valence-electron chi connectivity index (χ3n) is 4.38. The van der Waals surface area contributed by atoms with Crippen LogP contribution in [0.15, 0.2) is 88.9 Å². The molecule has 0 saturated heterocycles. The molecule has 3 aromatic rings. The highest BCUT2D eigenvalue weighted by Crippen LogP contribution is 2.25. The first-order valence-corrected chi connectivity index (χ1v) is 11.7. The van der Waals surface area contributed by atoms with Gasteiger partial charge in [0.15, 0.2) is 6.61 Å². The Labute approximate surface area is 201 Å². The fourth-order valence-electron chi connectivity index (χ4n) is 2.82. The fourth-order valence-corrected chi connectivity index (χ4v) is 4.43. The van der Waals surface area contributed by atoms with E-state index in [0.717, 1.165) is 4.31 Å². The molecule has 0 heterocycles. The maximum atomic E-state index is 13.2. The average molecular weight is 501 g/mol. The van der Waals surface area contributed by atoms with Crippen molar-refractivity contribution in [3.05, 3.63) is 89.4 Å². The molecule has 0 aliphatic heterocycles. The van der Waals surface area contributed by atoms with Crippen LogP contribution >= 0.6 is 11.6 Å². The van der Waals surface area contributed by atoms with Crippen molar-refractivity contribution in [2.75, 3.05) is 17.5 Å². The number of nitrogens with zero attached hydrogens (tertiary/aromatic N) is 2. The maximum Gasteiger partial charge on any atom is 0.264 e. The summed E-state index contributed by atoms with van der Waals surface area (Å²) in [6, 6.07) is 20.5. The number of ether oxygens (including phenoxy) is 1. The molecule has 0 atom stereocenters. The van der Waals surface area contributed by atoms with Gasteiger partial charge in [0, 0.05) is 5.02 Å². The maximum absolute atomic E-state index is 13.2. The van der Waals surface area contributed by atoms with E-state index in [4.69, 9.17) is 22.1 Å². The standard InChI is InChI=1S/C23H21ClN4O5S/c24-18-5-4-6-19(13-18)28(34(31,32)21-7-2-1-3-8-21)15-23(30)27-26-14-17-9-11-20(12-10-17)33-16-22(25)29/h1-14H,15-16H2,(H2,25,29)(H,27,30)/b26-14-. The summed E-state index contributed by atoms with van der Waals surface area (Å²) in [6.45, 7) is -0.757. The van der Waals surface area contributed by atoms with E-state index < -0.39 is 28.4 Å². The van der Waals surface area contributed by atoms with E-state index in [0.29, 0.717) is 16.3 Å². The Morgan fingerprint density at radius 2 is 1.74 bits per heavy atom. The van der Waals surface area contributed by atoms with Gasteiger partial charge in [-0.05, 0) is 60.2 Å². The van der Waals surface area contributed by atoms with E-state index in [1.807, 2.05) is 0 Å². The normalized spacial score (nSPS) is 11.2. The summed E-state index contributed by atoms with van der Waals surface area (Å²) >= 11 is 6.04. The van der Waals surface area contributed by atoms with Crippen LogP contribution in [-0.4, -0.2) is 39.6 Å². The number of halogens is 1. The molecule has 0 unspecified atom stereocenters. The van der Waals surface area contributed by atoms with Crippen LogP contribution in [0, 0.1) is 0 Å². The SMILES string of the molecule is NC(=O)COc1ccc(/C=N\NC(=O)CN(c2cccc(Cl)c2)S(=O)(=O)c2ccccc2)cc1. The molecule has 0 spiro atoms. The Morgan fingerprint density at radius 3 is 2.38 bits per heavy atom. The van der Waals surface area contributed by atoms with Gasteiger partial charge in [0.25, 0.3) is 21.8 Å². The third kappa shape index (κ3) is 6.80. The zero-order chi connectivity index (χ0) is 24.6. The molecule has 0 aromatic heterocycles. The van der Waals surface area contributed by atoms with Crippen molar-refractivity contribution < 1.29 is 22.7 Å². The molecule has 3 aromatic carbocycles. The van der Waals surface area contributed by atoms with E-state index in [1.54, 1.807) is 60.7 Å². The molecule has 9 nitrogen and oxygen atoms in total. The number of sulfonamides is 1. The minimum Gasteiger partial charge on any atom is -0.484 e. The molecule has 0 aliphatic carbocycles. The van der Waals surface area contributed by atoms with Crippen LogP contribution in [0.1, 0.15) is 5.56 Å². The smallest absolute Gasteiger partial charge is 0.264 e. The quantitative estimate of drug-likeness (QED) is 0.326. The van der Waals surface area contributed by atoms with Gasteiger partial charge in [-0.2, -0.15) is 5.10 Å². The van der Waals surface area contributed by atoms with Gasteiger partial charge in [-0.1, -0.05) is 35.9 Å². The lowest BCUT2D eigenvalue weighted by atomic mass is 10.2. The first kappa shape index (κ1) is 24.7. The fraction of sp³-hybridized carbons (Fsp3) is 0.0870. The van der Waals surface area contributed by atoms with Crippen LogP contribution in [-0.2, 0) is 19.6 Å². The molecule has 3 rings (SSSR count). The molecule has 0 radical (unpaired) electrons. The zero-order valence-corrected chi connectivity index (χ0v) is 19.4. The number of anilines is 1. The van der Waals surface area contributed by atoms with E-state index in [-0.39, 0.29) is 17.2 Å². The van der Waals surface area contributed by atoms with Crippen molar-refractivity contribution in [1.82, 2.24) is 5.43 Å². The molecular weight excluding hydrogens is 480 g/mol. The molecule has 0 aliphatic rings. The molecule has 3 N–H and O–H groups in total. The van der Waals surface area contributed by atoms with Crippen LogP contribution < -0.4 is 20.2 Å². The Hall–Kier alpha value is -3.89. The van der Waals surface area contributed by atoms with Crippen LogP contribution in [0.2, 0.25) is 5.02 Å². The van der Waals surface area contributed by atoms with Gasteiger partial charge in [0.1, 0.15) is 12.3 Å². The number of nitrogens with two attached hydrogens (primary N) is 1. The highest BCUT2D eigenvalue weighted by molar-refractivity contribution is 7.92. The van der Waals surface area contributed by atoms with Gasteiger partial charge in [-0.3, -0.25) is 13.9 Å². The van der Waals surface area contributed by atoms with E-state index in [9.17, 15) is 18.0 Å². The second-order valence-electron chi connectivity index (χ2n) is 6.92. The van der Waals surface area contributed by atoms with E-state index in [2.05, 4.69) is 10.5 Å². The summed E-state index contributed by atoms with van der Waals surface area (Å²) in [5, 5.41) is 4.20. The average Bonchev–Trinajstić information content (AvgIpc) is 2.82. The second-order valence-corrected chi connectivity index (χ2v) is 9.22. The lowest BCUT2D eigenvalue weighted by Crippen LogP contribution is -2.39. The predicted molar refractivity (Wildman–Crippen MR) is 129 cm³/mol. The molecule has 34 heavy (non-hydrogen) atoms. The Bertz CT molecular complexity index is 1280. The van der Waals surface area contributed by atoms with Crippen molar-refractivity contribution in [2.45, 2.75) is 4.90 Å². The van der Waals surface area contributed by atoms with Crippen LogP contribution in [0.25, 0.3) is 0 Å². The lowest BCUT2D eigenvalue weighted by Gasteiger charge is -2.23. The minimum atomic E-state index is -4.04. The second kappa shape index (κ2) is 11.3. The Balaban J connectivity index is 1.72.